The molecule has 0 aliphatic carbocycles. The standard InChI is InChI=1S/C45H28N4O9/c50-34-30-31-33(37(53)41(57)39(55)35(31)51)49(32(30)36(52)40(56)38(34)54)28-19-25(18-27-26-17-16-24(20-29(26)58-42(27)28)21-10-4-1-5-11-21)45-47-43(22-12-6-2-7-13-22)46-44(48-45)23-14-8-3-9-15-23/h1-20,50-57H. The Balaban J connectivity index is 1.38. The lowest BCUT2D eigenvalue weighted by Gasteiger charge is -2.14. The highest BCUT2D eigenvalue weighted by molar-refractivity contribution is 6.22. The minimum Gasteiger partial charge on any atom is -0.504 e. The van der Waals surface area contributed by atoms with E-state index in [9.17, 15) is 40.9 Å². The van der Waals surface area contributed by atoms with Crippen LogP contribution in [0.15, 0.2) is 126 Å². The average Bonchev–Trinajstić information content (AvgIpc) is 3.83. The normalized spacial score (nSPS) is 11.7. The second kappa shape index (κ2) is 12.5. The molecule has 8 N–H and O–H groups in total. The Hall–Kier alpha value is -8.45. The predicted octanol–water partition coefficient (Wildman–Crippen LogP) is 9.18. The summed E-state index contributed by atoms with van der Waals surface area (Å²) in [6.45, 7) is 0. The Morgan fingerprint density at radius 2 is 0.828 bits per heavy atom. The molecule has 10 rings (SSSR count). The van der Waals surface area contributed by atoms with Crippen molar-refractivity contribution in [3.8, 4) is 97.0 Å². The molecule has 0 fully saturated rings. The fraction of sp³-hybridized carbons (Fsp3) is 0. The van der Waals surface area contributed by atoms with Crippen LogP contribution < -0.4 is 0 Å². The van der Waals surface area contributed by atoms with Crippen LogP contribution in [-0.4, -0.2) is 60.4 Å². The summed E-state index contributed by atoms with van der Waals surface area (Å²) in [6.07, 6.45) is 0. The van der Waals surface area contributed by atoms with Crippen molar-refractivity contribution in [3.63, 3.8) is 0 Å². The van der Waals surface area contributed by atoms with E-state index in [1.54, 1.807) is 12.1 Å². The molecule has 0 unspecified atom stereocenters. The lowest BCUT2D eigenvalue weighted by Crippen LogP contribution is -2.01. The smallest absolute Gasteiger partial charge is 0.206 e. The van der Waals surface area contributed by atoms with Gasteiger partial charge in [0.2, 0.25) is 23.0 Å². The fourth-order valence-corrected chi connectivity index (χ4v) is 7.54. The number of hydrogen-bond acceptors (Lipinski definition) is 12. The van der Waals surface area contributed by atoms with Gasteiger partial charge in [-0.3, -0.25) is 4.57 Å². The number of benzene rings is 7. The maximum absolute atomic E-state index is 11.5. The molecule has 13 nitrogen and oxygen atoms in total. The monoisotopic (exact) mass is 768 g/mol. The summed E-state index contributed by atoms with van der Waals surface area (Å²) in [7, 11) is 0. The van der Waals surface area contributed by atoms with E-state index < -0.39 is 67.8 Å². The van der Waals surface area contributed by atoms with Crippen molar-refractivity contribution >= 4 is 43.7 Å². The highest BCUT2D eigenvalue weighted by Gasteiger charge is 2.33. The number of phenolic OH excluding ortho intramolecular Hbond substituents is 8. The summed E-state index contributed by atoms with van der Waals surface area (Å²) in [6, 6.07) is 37.3. The third-order valence-corrected chi connectivity index (χ3v) is 10.3. The molecule has 0 aliphatic rings. The van der Waals surface area contributed by atoms with Gasteiger partial charge in [0.25, 0.3) is 0 Å². The largest absolute Gasteiger partial charge is 0.504 e. The highest BCUT2D eigenvalue weighted by Crippen LogP contribution is 2.59. The van der Waals surface area contributed by atoms with Crippen molar-refractivity contribution in [1.82, 2.24) is 19.5 Å². The molecule has 0 atom stereocenters. The Labute approximate surface area is 326 Å². The number of fused-ring (bicyclic) bond motifs is 6. The van der Waals surface area contributed by atoms with E-state index in [1.165, 1.54) is 0 Å². The van der Waals surface area contributed by atoms with Gasteiger partial charge in [-0.1, -0.05) is 97.1 Å². The second-order valence-electron chi connectivity index (χ2n) is 13.7. The van der Waals surface area contributed by atoms with Gasteiger partial charge in [0.1, 0.15) is 16.6 Å². The van der Waals surface area contributed by atoms with Gasteiger partial charge in [-0.2, -0.15) is 0 Å². The van der Waals surface area contributed by atoms with E-state index in [0.717, 1.165) is 15.7 Å². The summed E-state index contributed by atoms with van der Waals surface area (Å²) in [5, 5.41) is 88.8. The van der Waals surface area contributed by atoms with Crippen molar-refractivity contribution in [2.24, 2.45) is 0 Å². The van der Waals surface area contributed by atoms with Gasteiger partial charge in [0, 0.05) is 27.5 Å². The topological polar surface area (TPSA) is 219 Å². The van der Waals surface area contributed by atoms with E-state index in [0.29, 0.717) is 44.7 Å². The third-order valence-electron chi connectivity index (χ3n) is 10.3. The van der Waals surface area contributed by atoms with Crippen molar-refractivity contribution in [2.75, 3.05) is 0 Å². The molecule has 3 heterocycles. The van der Waals surface area contributed by atoms with Gasteiger partial charge in [0.15, 0.2) is 46.1 Å². The molecule has 0 amide bonds. The first-order valence-electron chi connectivity index (χ1n) is 17.8. The molecule has 0 saturated carbocycles. The van der Waals surface area contributed by atoms with Crippen molar-refractivity contribution in [1.29, 1.82) is 0 Å². The highest BCUT2D eigenvalue weighted by atomic mass is 16.4. The molecule has 0 aliphatic heterocycles. The zero-order valence-corrected chi connectivity index (χ0v) is 29.8. The molecule has 13 heteroatoms. The van der Waals surface area contributed by atoms with Crippen LogP contribution in [-0.2, 0) is 0 Å². The minimum atomic E-state index is -1.14. The lowest BCUT2D eigenvalue weighted by molar-refractivity contribution is 0.350. The van der Waals surface area contributed by atoms with Crippen LogP contribution in [0.1, 0.15) is 0 Å². The number of furan rings is 1. The van der Waals surface area contributed by atoms with Crippen LogP contribution in [0.2, 0.25) is 0 Å². The van der Waals surface area contributed by atoms with E-state index in [4.69, 9.17) is 19.4 Å². The van der Waals surface area contributed by atoms with Crippen LogP contribution in [0, 0.1) is 0 Å². The molecular weight excluding hydrogens is 741 g/mol. The summed E-state index contributed by atoms with van der Waals surface area (Å²) in [5.74, 6) is -7.56. The maximum atomic E-state index is 11.5. The molecule has 0 radical (unpaired) electrons. The second-order valence-corrected chi connectivity index (χ2v) is 13.7. The number of aromatic hydroxyl groups is 8. The van der Waals surface area contributed by atoms with Crippen LogP contribution in [0.4, 0.5) is 0 Å². The molecule has 0 spiro atoms. The quantitative estimate of drug-likeness (QED) is 0.0607. The van der Waals surface area contributed by atoms with E-state index in [1.807, 2.05) is 109 Å². The van der Waals surface area contributed by atoms with Gasteiger partial charge in [-0.15, -0.1) is 0 Å². The molecular formula is C45H28N4O9. The summed E-state index contributed by atoms with van der Waals surface area (Å²) in [4.78, 5) is 14.6. The zero-order valence-electron chi connectivity index (χ0n) is 29.8. The molecule has 10 aromatic rings. The predicted molar refractivity (Wildman–Crippen MR) is 217 cm³/mol. The summed E-state index contributed by atoms with van der Waals surface area (Å²) < 4.78 is 7.74. The van der Waals surface area contributed by atoms with Crippen LogP contribution >= 0.6 is 0 Å². The first-order valence-corrected chi connectivity index (χ1v) is 17.8. The Morgan fingerprint density at radius 3 is 1.33 bits per heavy atom. The van der Waals surface area contributed by atoms with Crippen molar-refractivity contribution in [2.45, 2.75) is 0 Å². The number of nitrogens with zero attached hydrogens (tertiary/aromatic N) is 4. The van der Waals surface area contributed by atoms with Gasteiger partial charge < -0.3 is 45.3 Å². The number of phenols is 8. The number of hydrogen-bond donors (Lipinski definition) is 8. The number of rotatable bonds is 5. The SMILES string of the molecule is Oc1c(O)c(O)c2c(c1O)c1c(O)c(O)c(O)c(O)c1n2-c1cc(-c2nc(-c3ccccc3)nc(-c3ccccc3)n2)cc2c1oc1cc(-c3ccccc3)ccc12. The zero-order chi connectivity index (χ0) is 40.0. The third kappa shape index (κ3) is 4.93. The summed E-state index contributed by atoms with van der Waals surface area (Å²) in [5.41, 5.74) is 3.31. The van der Waals surface area contributed by atoms with Gasteiger partial charge >= 0.3 is 0 Å². The fourth-order valence-electron chi connectivity index (χ4n) is 7.54. The lowest BCUT2D eigenvalue weighted by atomic mass is 10.0. The first kappa shape index (κ1) is 34.1. The first-order chi connectivity index (χ1) is 28.1. The molecule has 0 saturated heterocycles. The molecule has 58 heavy (non-hydrogen) atoms. The van der Waals surface area contributed by atoms with Gasteiger partial charge in [-0.05, 0) is 35.4 Å². The Morgan fingerprint density at radius 1 is 0.379 bits per heavy atom. The van der Waals surface area contributed by atoms with Gasteiger partial charge in [0.05, 0.1) is 16.5 Å². The van der Waals surface area contributed by atoms with Crippen molar-refractivity contribution < 1.29 is 45.3 Å². The van der Waals surface area contributed by atoms with Gasteiger partial charge in [-0.25, -0.2) is 15.0 Å². The van der Waals surface area contributed by atoms with Crippen LogP contribution in [0.5, 0.6) is 46.0 Å². The van der Waals surface area contributed by atoms with Crippen molar-refractivity contribution in [3.05, 3.63) is 121 Å². The molecule has 7 aromatic carbocycles. The number of aromatic nitrogens is 4. The molecule has 0 bridgehead atoms. The van der Waals surface area contributed by atoms with Crippen LogP contribution in [0.3, 0.4) is 0 Å². The average molecular weight is 769 g/mol. The molecule has 3 aromatic heterocycles. The Bertz CT molecular complexity index is 3180. The van der Waals surface area contributed by atoms with E-state index >= 15 is 0 Å². The van der Waals surface area contributed by atoms with E-state index in [-0.39, 0.29) is 17.1 Å². The Kier molecular flexibility index (Phi) is 7.37. The van der Waals surface area contributed by atoms with E-state index in [2.05, 4.69) is 0 Å². The molecule has 282 valence electrons. The van der Waals surface area contributed by atoms with Crippen LogP contribution in [0.25, 0.3) is 94.7 Å². The summed E-state index contributed by atoms with van der Waals surface area (Å²) >= 11 is 0. The minimum absolute atomic E-state index is 0.0347. The maximum Gasteiger partial charge on any atom is 0.206 e.